The van der Waals surface area contributed by atoms with Gasteiger partial charge in [-0.05, 0) is 36.6 Å². The van der Waals surface area contributed by atoms with E-state index >= 15 is 0 Å². The molecule has 0 radical (unpaired) electrons. The second-order valence-corrected chi connectivity index (χ2v) is 7.95. The van der Waals surface area contributed by atoms with Gasteiger partial charge in [-0.25, -0.2) is 4.79 Å². The number of amides is 1. The molecule has 0 saturated carbocycles. The number of aromatic nitrogens is 2. The quantitative estimate of drug-likeness (QED) is 0.578. The molecule has 170 valence electrons. The highest BCUT2D eigenvalue weighted by atomic mass is 35.5. The Labute approximate surface area is 195 Å². The van der Waals surface area contributed by atoms with E-state index in [1.54, 1.807) is 42.5 Å². The largest absolute Gasteiger partial charge is 0.481 e. The lowest BCUT2D eigenvalue weighted by Gasteiger charge is -2.29. The Morgan fingerprint density at radius 3 is 2.39 bits per heavy atom. The lowest BCUT2D eigenvalue weighted by atomic mass is 10.0. The molecule has 0 unspecified atom stereocenters. The zero-order chi connectivity index (χ0) is 23.5. The molecule has 1 N–H and O–H groups in total. The molecule has 1 amide bonds. The summed E-state index contributed by atoms with van der Waals surface area (Å²) in [5, 5.41) is 10.2. The van der Waals surface area contributed by atoms with Gasteiger partial charge in [0.2, 0.25) is 5.88 Å². The summed E-state index contributed by atoms with van der Waals surface area (Å²) in [6, 6.07) is 14.5. The fraction of sp³-hybridized carbons (Fsp3) is 0.250. The summed E-state index contributed by atoms with van der Waals surface area (Å²) in [6.07, 6.45) is 0.876. The molecule has 1 aliphatic heterocycles. The third-order valence-corrected chi connectivity index (χ3v) is 6.01. The number of carboxylic acids is 1. The van der Waals surface area contributed by atoms with Crippen molar-refractivity contribution in [2.75, 3.05) is 14.2 Å². The van der Waals surface area contributed by atoms with Crippen LogP contribution in [0.15, 0.2) is 54.6 Å². The second kappa shape index (κ2) is 9.46. The lowest BCUT2D eigenvalue weighted by molar-refractivity contribution is -0.141. The fourth-order valence-electron chi connectivity index (χ4n) is 4.07. The minimum Gasteiger partial charge on any atom is -0.481 e. The van der Waals surface area contributed by atoms with Crippen molar-refractivity contribution in [1.29, 1.82) is 0 Å². The van der Waals surface area contributed by atoms with Crippen molar-refractivity contribution in [3.63, 3.8) is 0 Å². The van der Waals surface area contributed by atoms with Gasteiger partial charge >= 0.3 is 12.0 Å². The Bertz CT molecular complexity index is 1160. The van der Waals surface area contributed by atoms with Crippen LogP contribution in [0.5, 0.6) is 11.9 Å². The SMILES string of the molecule is COc1cc(-c2ccc(C(=O)N3[C@@H](c4ccccc4Cl)CC[C@H]3C(=O)O)cc2)nc(OC)n1. The Hall–Kier alpha value is -3.65. The number of ether oxygens (including phenoxy) is 2. The number of carboxylic acid groups (broad SMARTS) is 1. The van der Waals surface area contributed by atoms with Gasteiger partial charge in [0.15, 0.2) is 0 Å². The number of carbonyl (C=O) groups is 2. The van der Waals surface area contributed by atoms with E-state index in [4.69, 9.17) is 21.1 Å². The summed E-state index contributed by atoms with van der Waals surface area (Å²) in [5.41, 5.74) is 2.41. The maximum atomic E-state index is 13.5. The minimum absolute atomic E-state index is 0.161. The molecular formula is C24H22ClN3O5. The van der Waals surface area contributed by atoms with Crippen LogP contribution in [0, 0.1) is 0 Å². The molecule has 2 heterocycles. The molecule has 8 nitrogen and oxygen atoms in total. The topological polar surface area (TPSA) is 102 Å². The number of benzene rings is 2. The van der Waals surface area contributed by atoms with Crippen molar-refractivity contribution in [1.82, 2.24) is 14.9 Å². The van der Waals surface area contributed by atoms with E-state index in [0.29, 0.717) is 35.0 Å². The van der Waals surface area contributed by atoms with Crippen molar-refractivity contribution in [3.8, 4) is 23.1 Å². The van der Waals surface area contributed by atoms with Gasteiger partial charge in [0.1, 0.15) is 6.04 Å². The second-order valence-electron chi connectivity index (χ2n) is 7.54. The van der Waals surface area contributed by atoms with E-state index in [9.17, 15) is 14.7 Å². The molecule has 9 heteroatoms. The molecule has 1 fully saturated rings. The Morgan fingerprint density at radius 2 is 1.76 bits per heavy atom. The number of carbonyl (C=O) groups excluding carboxylic acids is 1. The number of hydrogen-bond donors (Lipinski definition) is 1. The highest BCUT2D eigenvalue weighted by Gasteiger charge is 2.42. The number of nitrogens with zero attached hydrogens (tertiary/aromatic N) is 3. The van der Waals surface area contributed by atoms with Gasteiger partial charge in [0.05, 0.1) is 26.0 Å². The number of aliphatic carboxylic acids is 1. The average molecular weight is 468 g/mol. The molecule has 0 spiro atoms. The van der Waals surface area contributed by atoms with Gasteiger partial charge in [0, 0.05) is 22.2 Å². The number of hydrogen-bond acceptors (Lipinski definition) is 6. The number of rotatable bonds is 6. The van der Waals surface area contributed by atoms with Gasteiger partial charge in [0.25, 0.3) is 5.91 Å². The fourth-order valence-corrected chi connectivity index (χ4v) is 4.33. The van der Waals surface area contributed by atoms with Gasteiger partial charge in [-0.3, -0.25) is 4.79 Å². The summed E-state index contributed by atoms with van der Waals surface area (Å²) >= 11 is 6.37. The standard InChI is InChI=1S/C24H22ClN3O5/c1-32-21-13-18(26-24(27-21)33-2)14-7-9-15(10-8-14)22(29)28-19(11-12-20(28)23(30)31)16-5-3-4-6-17(16)25/h3-10,13,19-20H,11-12H2,1-2H3,(H,30,31)/t19-,20+/m1/s1. The maximum Gasteiger partial charge on any atom is 0.326 e. The molecule has 1 aliphatic rings. The van der Waals surface area contributed by atoms with Crippen molar-refractivity contribution in [2.24, 2.45) is 0 Å². The van der Waals surface area contributed by atoms with Crippen LogP contribution < -0.4 is 9.47 Å². The Morgan fingerprint density at radius 1 is 1.03 bits per heavy atom. The van der Waals surface area contributed by atoms with Crippen LogP contribution in [0.3, 0.4) is 0 Å². The van der Waals surface area contributed by atoms with Gasteiger partial charge in [-0.2, -0.15) is 9.97 Å². The first-order valence-electron chi connectivity index (χ1n) is 10.3. The smallest absolute Gasteiger partial charge is 0.326 e. The van der Waals surface area contributed by atoms with Gasteiger partial charge in [-0.15, -0.1) is 0 Å². The maximum absolute atomic E-state index is 13.5. The Balaban J connectivity index is 1.66. The van der Waals surface area contributed by atoms with Crippen molar-refractivity contribution >= 4 is 23.5 Å². The molecule has 4 rings (SSSR count). The summed E-state index contributed by atoms with van der Waals surface area (Å²) < 4.78 is 10.3. The van der Waals surface area contributed by atoms with E-state index in [-0.39, 0.29) is 11.9 Å². The minimum atomic E-state index is -1.03. The number of halogens is 1. The highest BCUT2D eigenvalue weighted by molar-refractivity contribution is 6.31. The van der Waals surface area contributed by atoms with Crippen LogP contribution in [0.1, 0.15) is 34.8 Å². The number of methoxy groups -OCH3 is 2. The zero-order valence-corrected chi connectivity index (χ0v) is 18.8. The summed E-state index contributed by atoms with van der Waals surface area (Å²) in [5.74, 6) is -1.05. The molecule has 0 aliphatic carbocycles. The normalized spacial score (nSPS) is 17.6. The van der Waals surface area contributed by atoms with Crippen LogP contribution in [-0.4, -0.2) is 52.1 Å². The molecule has 3 aromatic rings. The van der Waals surface area contributed by atoms with E-state index in [2.05, 4.69) is 9.97 Å². The van der Waals surface area contributed by atoms with Gasteiger partial charge < -0.3 is 19.5 Å². The third kappa shape index (κ3) is 4.47. The summed E-state index contributed by atoms with van der Waals surface area (Å²) in [7, 11) is 2.96. The van der Waals surface area contributed by atoms with Crippen molar-refractivity contribution < 1.29 is 24.2 Å². The molecule has 2 aromatic carbocycles. The zero-order valence-electron chi connectivity index (χ0n) is 18.1. The first-order valence-corrected chi connectivity index (χ1v) is 10.7. The monoisotopic (exact) mass is 467 g/mol. The Kier molecular flexibility index (Phi) is 6.46. The van der Waals surface area contributed by atoms with E-state index in [0.717, 1.165) is 11.1 Å². The molecule has 1 saturated heterocycles. The van der Waals surface area contributed by atoms with Crippen LogP contribution in [-0.2, 0) is 4.79 Å². The lowest BCUT2D eigenvalue weighted by Crippen LogP contribution is -2.41. The number of likely N-dealkylation sites (tertiary alicyclic amines) is 1. The third-order valence-electron chi connectivity index (χ3n) is 5.67. The molecule has 1 aromatic heterocycles. The van der Waals surface area contributed by atoms with Crippen LogP contribution >= 0.6 is 11.6 Å². The molecule has 0 bridgehead atoms. The predicted octanol–water partition coefficient (Wildman–Crippen LogP) is 4.24. The van der Waals surface area contributed by atoms with Gasteiger partial charge in [-0.1, -0.05) is 41.9 Å². The average Bonchev–Trinajstić information content (AvgIpc) is 3.29. The van der Waals surface area contributed by atoms with Crippen LogP contribution in [0.2, 0.25) is 5.02 Å². The first-order chi connectivity index (χ1) is 15.9. The molecule has 33 heavy (non-hydrogen) atoms. The summed E-state index contributed by atoms with van der Waals surface area (Å²) in [6.45, 7) is 0. The van der Waals surface area contributed by atoms with Crippen LogP contribution in [0.25, 0.3) is 11.3 Å². The molecule has 2 atom stereocenters. The highest BCUT2D eigenvalue weighted by Crippen LogP contribution is 2.40. The van der Waals surface area contributed by atoms with E-state index in [1.165, 1.54) is 19.1 Å². The van der Waals surface area contributed by atoms with Crippen molar-refractivity contribution in [2.45, 2.75) is 24.9 Å². The van der Waals surface area contributed by atoms with E-state index in [1.807, 2.05) is 12.1 Å². The first kappa shape index (κ1) is 22.5. The van der Waals surface area contributed by atoms with E-state index < -0.39 is 18.1 Å². The summed E-state index contributed by atoms with van der Waals surface area (Å²) in [4.78, 5) is 35.2. The predicted molar refractivity (Wildman–Crippen MR) is 122 cm³/mol. The molecular weight excluding hydrogens is 446 g/mol. The van der Waals surface area contributed by atoms with Crippen LogP contribution in [0.4, 0.5) is 0 Å². The van der Waals surface area contributed by atoms with Crippen molar-refractivity contribution in [3.05, 3.63) is 70.7 Å².